The van der Waals surface area contributed by atoms with E-state index in [1.807, 2.05) is 12.4 Å². The Morgan fingerprint density at radius 1 is 1.31 bits per heavy atom. The number of H-pyrrole nitrogens is 1. The van der Waals surface area contributed by atoms with E-state index in [-0.39, 0.29) is 0 Å². The molecule has 0 amide bonds. The first-order valence-corrected chi connectivity index (χ1v) is 5.18. The van der Waals surface area contributed by atoms with Gasteiger partial charge in [-0.05, 0) is 23.1 Å². The first kappa shape index (κ1) is 8.53. The second-order valence-corrected chi connectivity index (χ2v) is 3.93. The summed E-state index contributed by atoms with van der Waals surface area (Å²) in [6, 6.07) is 6.31. The molecule has 0 radical (unpaired) electrons. The maximum absolute atomic E-state index is 3.38. The lowest BCUT2D eigenvalue weighted by Crippen LogP contribution is -2.10. The minimum atomic E-state index is 0.932. The molecule has 3 heteroatoms. The molecule has 13 heavy (non-hydrogen) atoms. The fraction of sp³-hybridized carbons (Fsp3) is 0.200. The Bertz CT molecular complexity index is 289. The van der Waals surface area contributed by atoms with Crippen LogP contribution in [0.1, 0.15) is 10.4 Å². The van der Waals surface area contributed by atoms with Crippen molar-refractivity contribution in [3.63, 3.8) is 0 Å². The molecule has 0 bridgehead atoms. The van der Waals surface area contributed by atoms with Gasteiger partial charge in [-0.3, -0.25) is 0 Å². The van der Waals surface area contributed by atoms with Crippen LogP contribution >= 0.6 is 11.3 Å². The lowest BCUT2D eigenvalue weighted by atomic mass is 10.3. The van der Waals surface area contributed by atoms with Gasteiger partial charge in [-0.25, -0.2) is 0 Å². The molecule has 0 aliphatic heterocycles. The number of aromatic nitrogens is 1. The Hall–Kier alpha value is -1.06. The van der Waals surface area contributed by atoms with Crippen molar-refractivity contribution in [2.24, 2.45) is 0 Å². The van der Waals surface area contributed by atoms with Crippen LogP contribution in [0.2, 0.25) is 0 Å². The monoisotopic (exact) mass is 192 g/mol. The third-order valence-corrected chi connectivity index (χ3v) is 2.75. The van der Waals surface area contributed by atoms with Crippen molar-refractivity contribution in [2.45, 2.75) is 13.1 Å². The number of hydrogen-bond acceptors (Lipinski definition) is 2. The zero-order valence-electron chi connectivity index (χ0n) is 7.29. The molecule has 0 saturated carbocycles. The van der Waals surface area contributed by atoms with Gasteiger partial charge in [-0.2, -0.15) is 0 Å². The van der Waals surface area contributed by atoms with E-state index in [9.17, 15) is 0 Å². The highest BCUT2D eigenvalue weighted by Gasteiger charge is 1.94. The molecule has 2 rings (SSSR count). The van der Waals surface area contributed by atoms with Crippen LogP contribution in [0.3, 0.4) is 0 Å². The smallest absolute Gasteiger partial charge is 0.0302 e. The number of aromatic amines is 1. The standard InChI is InChI=1S/C10H12N2S/c1-2-10(13-5-1)8-12-7-9-3-4-11-6-9/h1-6,11-12H,7-8H2. The molecule has 68 valence electrons. The highest BCUT2D eigenvalue weighted by Crippen LogP contribution is 2.07. The van der Waals surface area contributed by atoms with Crippen LogP contribution < -0.4 is 5.32 Å². The normalized spacial score (nSPS) is 10.5. The van der Waals surface area contributed by atoms with Gasteiger partial charge in [-0.1, -0.05) is 6.07 Å². The van der Waals surface area contributed by atoms with Crippen LogP contribution in [0.15, 0.2) is 36.0 Å². The zero-order chi connectivity index (χ0) is 8.93. The molecule has 0 spiro atoms. The fourth-order valence-corrected chi connectivity index (χ4v) is 1.89. The van der Waals surface area contributed by atoms with Gasteiger partial charge in [0.2, 0.25) is 0 Å². The largest absolute Gasteiger partial charge is 0.367 e. The van der Waals surface area contributed by atoms with Gasteiger partial charge < -0.3 is 10.3 Å². The van der Waals surface area contributed by atoms with E-state index in [4.69, 9.17) is 0 Å². The van der Waals surface area contributed by atoms with Crippen molar-refractivity contribution >= 4 is 11.3 Å². The van der Waals surface area contributed by atoms with Gasteiger partial charge in [0.25, 0.3) is 0 Å². The minimum absolute atomic E-state index is 0.932. The lowest BCUT2D eigenvalue weighted by Gasteiger charge is -1.99. The molecule has 0 unspecified atom stereocenters. The molecule has 0 saturated heterocycles. The predicted octanol–water partition coefficient (Wildman–Crippen LogP) is 2.37. The highest BCUT2D eigenvalue weighted by atomic mass is 32.1. The zero-order valence-corrected chi connectivity index (χ0v) is 8.10. The van der Waals surface area contributed by atoms with Gasteiger partial charge in [-0.15, -0.1) is 11.3 Å². The van der Waals surface area contributed by atoms with Crippen molar-refractivity contribution in [1.29, 1.82) is 0 Å². The van der Waals surface area contributed by atoms with E-state index in [0.717, 1.165) is 13.1 Å². The molecule has 0 fully saturated rings. The van der Waals surface area contributed by atoms with Crippen molar-refractivity contribution < 1.29 is 0 Å². The summed E-state index contributed by atoms with van der Waals surface area (Å²) in [5, 5.41) is 5.49. The lowest BCUT2D eigenvalue weighted by molar-refractivity contribution is 0.701. The van der Waals surface area contributed by atoms with Gasteiger partial charge in [0.1, 0.15) is 0 Å². The number of rotatable bonds is 4. The van der Waals surface area contributed by atoms with Crippen LogP contribution in [0.4, 0.5) is 0 Å². The Morgan fingerprint density at radius 2 is 2.31 bits per heavy atom. The first-order valence-electron chi connectivity index (χ1n) is 4.30. The van der Waals surface area contributed by atoms with Gasteiger partial charge in [0.05, 0.1) is 0 Å². The molecular weight excluding hydrogens is 180 g/mol. The van der Waals surface area contributed by atoms with E-state index in [2.05, 4.69) is 33.9 Å². The van der Waals surface area contributed by atoms with Crippen LogP contribution in [-0.2, 0) is 13.1 Å². The Balaban J connectivity index is 1.76. The summed E-state index contributed by atoms with van der Waals surface area (Å²) in [5.74, 6) is 0. The summed E-state index contributed by atoms with van der Waals surface area (Å²) >= 11 is 1.79. The maximum atomic E-state index is 3.38. The summed E-state index contributed by atoms with van der Waals surface area (Å²) < 4.78 is 0. The Labute approximate surface area is 81.6 Å². The Kier molecular flexibility index (Phi) is 2.79. The van der Waals surface area contributed by atoms with Gasteiger partial charge >= 0.3 is 0 Å². The molecule has 0 atom stereocenters. The maximum Gasteiger partial charge on any atom is 0.0302 e. The Morgan fingerprint density at radius 3 is 3.00 bits per heavy atom. The quantitative estimate of drug-likeness (QED) is 0.764. The molecule has 2 aromatic rings. The van der Waals surface area contributed by atoms with Crippen molar-refractivity contribution in [3.8, 4) is 0 Å². The molecule has 0 aliphatic carbocycles. The molecule has 2 nitrogen and oxygen atoms in total. The van der Waals surface area contributed by atoms with Crippen molar-refractivity contribution in [1.82, 2.24) is 10.3 Å². The third-order valence-electron chi connectivity index (χ3n) is 1.87. The van der Waals surface area contributed by atoms with E-state index < -0.39 is 0 Å². The van der Waals surface area contributed by atoms with E-state index >= 15 is 0 Å². The number of thiophene rings is 1. The summed E-state index contributed by atoms with van der Waals surface area (Å²) in [6.45, 7) is 1.89. The fourth-order valence-electron chi connectivity index (χ4n) is 1.21. The topological polar surface area (TPSA) is 27.8 Å². The average Bonchev–Trinajstić information content (AvgIpc) is 2.75. The van der Waals surface area contributed by atoms with Gasteiger partial charge in [0, 0.05) is 30.4 Å². The molecule has 2 N–H and O–H groups in total. The molecule has 2 heterocycles. The van der Waals surface area contributed by atoms with E-state index in [1.54, 1.807) is 11.3 Å². The first-order chi connectivity index (χ1) is 6.45. The summed E-state index contributed by atoms with van der Waals surface area (Å²) in [5.41, 5.74) is 1.30. The van der Waals surface area contributed by atoms with E-state index in [1.165, 1.54) is 10.4 Å². The van der Waals surface area contributed by atoms with Crippen LogP contribution in [0.5, 0.6) is 0 Å². The molecule has 0 aromatic carbocycles. The summed E-state index contributed by atoms with van der Waals surface area (Å²) in [7, 11) is 0. The molecule has 0 aliphatic rings. The minimum Gasteiger partial charge on any atom is -0.367 e. The van der Waals surface area contributed by atoms with Crippen molar-refractivity contribution in [2.75, 3.05) is 0 Å². The van der Waals surface area contributed by atoms with Crippen LogP contribution in [-0.4, -0.2) is 4.98 Å². The highest BCUT2D eigenvalue weighted by molar-refractivity contribution is 7.09. The third kappa shape index (κ3) is 2.44. The van der Waals surface area contributed by atoms with Crippen LogP contribution in [0.25, 0.3) is 0 Å². The second kappa shape index (κ2) is 4.25. The number of nitrogens with one attached hydrogen (secondary N) is 2. The summed E-state index contributed by atoms with van der Waals surface area (Å²) in [4.78, 5) is 4.42. The second-order valence-electron chi connectivity index (χ2n) is 2.90. The van der Waals surface area contributed by atoms with E-state index in [0.29, 0.717) is 0 Å². The molecule has 2 aromatic heterocycles. The average molecular weight is 192 g/mol. The van der Waals surface area contributed by atoms with Crippen molar-refractivity contribution in [3.05, 3.63) is 46.4 Å². The SMILES string of the molecule is c1csc(CNCc2cc[nH]c2)c1. The molecular formula is C10H12N2S. The predicted molar refractivity (Wildman–Crippen MR) is 55.7 cm³/mol. The van der Waals surface area contributed by atoms with Gasteiger partial charge in [0.15, 0.2) is 0 Å². The summed E-state index contributed by atoms with van der Waals surface area (Å²) in [6.07, 6.45) is 3.96. The number of hydrogen-bond donors (Lipinski definition) is 2. The van der Waals surface area contributed by atoms with Crippen LogP contribution in [0, 0.1) is 0 Å².